The van der Waals surface area contributed by atoms with Gasteiger partial charge in [-0.05, 0) is 6.42 Å². The summed E-state index contributed by atoms with van der Waals surface area (Å²) >= 11 is 2.71. The van der Waals surface area contributed by atoms with Crippen molar-refractivity contribution in [3.8, 4) is 0 Å². The Hall–Kier alpha value is -0.520. The molecule has 0 fully saturated rings. The second kappa shape index (κ2) is 3.32. The van der Waals surface area contributed by atoms with E-state index in [2.05, 4.69) is 26.1 Å². The Morgan fingerprint density at radius 3 is 2.46 bits per heavy atom. The molecular formula is C7H8BrF3N2. The number of aromatic amines is 1. The third-order valence-electron chi connectivity index (χ3n) is 1.89. The van der Waals surface area contributed by atoms with Gasteiger partial charge in [0.1, 0.15) is 4.32 Å². The van der Waals surface area contributed by atoms with E-state index in [9.17, 15) is 13.2 Å². The van der Waals surface area contributed by atoms with Crippen LogP contribution in [0.15, 0.2) is 12.4 Å². The number of halogens is 4. The van der Waals surface area contributed by atoms with Crippen LogP contribution in [0.1, 0.15) is 18.9 Å². The summed E-state index contributed by atoms with van der Waals surface area (Å²) in [5, 5.41) is 5.86. The van der Waals surface area contributed by atoms with Gasteiger partial charge in [-0.15, -0.1) is 0 Å². The fraction of sp³-hybridized carbons (Fsp3) is 0.571. The van der Waals surface area contributed by atoms with Crippen LogP contribution in [0.2, 0.25) is 0 Å². The molecular weight excluding hydrogens is 249 g/mol. The molecule has 13 heavy (non-hydrogen) atoms. The highest BCUT2D eigenvalue weighted by atomic mass is 79.9. The van der Waals surface area contributed by atoms with E-state index in [0.717, 1.165) is 0 Å². The number of nitrogens with one attached hydrogen (secondary N) is 1. The molecule has 0 saturated heterocycles. The quantitative estimate of drug-likeness (QED) is 0.810. The lowest BCUT2D eigenvalue weighted by atomic mass is 9.99. The first-order chi connectivity index (χ1) is 5.92. The largest absolute Gasteiger partial charge is 0.407 e. The number of hydrogen-bond acceptors (Lipinski definition) is 1. The molecule has 0 aliphatic carbocycles. The summed E-state index contributed by atoms with van der Waals surface area (Å²) in [5.41, 5.74) is 0.0995. The van der Waals surface area contributed by atoms with E-state index >= 15 is 0 Å². The van der Waals surface area contributed by atoms with E-state index in [-0.39, 0.29) is 12.0 Å². The van der Waals surface area contributed by atoms with Crippen LogP contribution in [0.25, 0.3) is 0 Å². The molecule has 1 N–H and O–H groups in total. The highest BCUT2D eigenvalue weighted by Gasteiger charge is 2.53. The Morgan fingerprint density at radius 2 is 2.15 bits per heavy atom. The van der Waals surface area contributed by atoms with Gasteiger partial charge in [-0.1, -0.05) is 22.9 Å². The number of alkyl halides is 4. The Balaban J connectivity index is 3.09. The first-order valence-electron chi connectivity index (χ1n) is 3.66. The zero-order valence-electron chi connectivity index (χ0n) is 6.82. The average Bonchev–Trinajstić information content (AvgIpc) is 2.52. The molecule has 6 heteroatoms. The van der Waals surface area contributed by atoms with Crippen LogP contribution in [0.4, 0.5) is 13.2 Å². The summed E-state index contributed by atoms with van der Waals surface area (Å²) < 4.78 is 35.8. The molecule has 1 atom stereocenters. The van der Waals surface area contributed by atoms with E-state index in [1.165, 1.54) is 19.3 Å². The average molecular weight is 257 g/mol. The van der Waals surface area contributed by atoms with Gasteiger partial charge in [-0.25, -0.2) is 0 Å². The number of H-pyrrole nitrogens is 1. The summed E-state index contributed by atoms with van der Waals surface area (Å²) in [6, 6.07) is 0. The van der Waals surface area contributed by atoms with Crippen molar-refractivity contribution in [1.82, 2.24) is 10.2 Å². The minimum absolute atomic E-state index is 0.0734. The van der Waals surface area contributed by atoms with E-state index in [4.69, 9.17) is 0 Å². The molecule has 0 bridgehead atoms. The highest BCUT2D eigenvalue weighted by Crippen LogP contribution is 2.48. The minimum Gasteiger partial charge on any atom is -0.285 e. The van der Waals surface area contributed by atoms with Gasteiger partial charge in [0.25, 0.3) is 0 Å². The van der Waals surface area contributed by atoms with Gasteiger partial charge in [-0.3, -0.25) is 5.10 Å². The first kappa shape index (κ1) is 10.6. The Morgan fingerprint density at radius 1 is 1.54 bits per heavy atom. The number of aromatic nitrogens is 2. The molecule has 0 aliphatic rings. The van der Waals surface area contributed by atoms with Gasteiger partial charge in [0.2, 0.25) is 0 Å². The standard InChI is InChI=1S/C7H8BrF3N2/c1-2-6(8,7(9,10)11)5-3-12-13-4-5/h3-4H,2H2,1H3,(H,12,13). The predicted molar refractivity (Wildman–Crippen MR) is 45.5 cm³/mol. The third-order valence-corrected chi connectivity index (χ3v) is 3.36. The second-order valence-corrected chi connectivity index (χ2v) is 3.99. The maximum absolute atomic E-state index is 12.6. The molecule has 1 unspecified atom stereocenters. The van der Waals surface area contributed by atoms with Gasteiger partial charge in [0.15, 0.2) is 0 Å². The molecule has 1 aromatic heterocycles. The van der Waals surface area contributed by atoms with Crippen molar-refractivity contribution in [2.75, 3.05) is 0 Å². The molecule has 0 saturated carbocycles. The monoisotopic (exact) mass is 256 g/mol. The molecule has 0 aromatic carbocycles. The summed E-state index contributed by atoms with van der Waals surface area (Å²) in [7, 11) is 0. The topological polar surface area (TPSA) is 28.7 Å². The Labute approximate surface area is 81.7 Å². The lowest BCUT2D eigenvalue weighted by Gasteiger charge is -2.27. The van der Waals surface area contributed by atoms with E-state index in [1.807, 2.05) is 0 Å². The summed E-state index contributed by atoms with van der Waals surface area (Å²) in [6.07, 6.45) is -1.97. The Kier molecular flexibility index (Phi) is 2.70. The molecule has 2 nitrogen and oxygen atoms in total. The summed E-state index contributed by atoms with van der Waals surface area (Å²) in [5.74, 6) is 0. The lowest BCUT2D eigenvalue weighted by molar-refractivity contribution is -0.160. The normalized spacial score (nSPS) is 17.0. The molecule has 0 amide bonds. The zero-order valence-corrected chi connectivity index (χ0v) is 8.41. The van der Waals surface area contributed by atoms with Crippen LogP contribution in [0.3, 0.4) is 0 Å². The first-order valence-corrected chi connectivity index (χ1v) is 4.46. The van der Waals surface area contributed by atoms with Gasteiger partial charge in [0.05, 0.1) is 6.20 Å². The van der Waals surface area contributed by atoms with Crippen molar-refractivity contribution in [2.45, 2.75) is 23.8 Å². The predicted octanol–water partition coefficient (Wildman–Crippen LogP) is 2.97. The summed E-state index contributed by atoms with van der Waals surface area (Å²) in [6.45, 7) is 1.47. The van der Waals surface area contributed by atoms with Crippen LogP contribution < -0.4 is 0 Å². The Bertz CT molecular complexity index is 270. The molecule has 1 heterocycles. The van der Waals surface area contributed by atoms with Crippen molar-refractivity contribution < 1.29 is 13.2 Å². The highest BCUT2D eigenvalue weighted by molar-refractivity contribution is 9.09. The van der Waals surface area contributed by atoms with Crippen molar-refractivity contribution in [3.63, 3.8) is 0 Å². The molecule has 74 valence electrons. The molecule has 1 aromatic rings. The van der Waals surface area contributed by atoms with Crippen molar-refractivity contribution in [2.24, 2.45) is 0 Å². The molecule has 0 spiro atoms. The van der Waals surface area contributed by atoms with Crippen LogP contribution in [-0.4, -0.2) is 16.4 Å². The molecule has 0 radical (unpaired) electrons. The van der Waals surface area contributed by atoms with E-state index < -0.39 is 10.5 Å². The zero-order chi connectivity index (χ0) is 10.1. The van der Waals surface area contributed by atoms with Crippen molar-refractivity contribution in [1.29, 1.82) is 0 Å². The third kappa shape index (κ3) is 1.72. The van der Waals surface area contributed by atoms with Gasteiger partial charge < -0.3 is 0 Å². The number of hydrogen-bond donors (Lipinski definition) is 1. The van der Waals surface area contributed by atoms with E-state index in [1.54, 1.807) is 0 Å². The second-order valence-electron chi connectivity index (χ2n) is 2.64. The fourth-order valence-corrected chi connectivity index (χ4v) is 1.25. The van der Waals surface area contributed by atoms with Crippen LogP contribution in [0.5, 0.6) is 0 Å². The fourth-order valence-electron chi connectivity index (χ4n) is 1.04. The molecule has 0 aliphatic heterocycles. The van der Waals surface area contributed by atoms with Gasteiger partial charge >= 0.3 is 6.18 Å². The smallest absolute Gasteiger partial charge is 0.285 e. The van der Waals surface area contributed by atoms with Crippen LogP contribution >= 0.6 is 15.9 Å². The van der Waals surface area contributed by atoms with Gasteiger partial charge in [0, 0.05) is 11.8 Å². The van der Waals surface area contributed by atoms with Crippen LogP contribution in [-0.2, 0) is 4.32 Å². The SMILES string of the molecule is CCC(Br)(c1cn[nH]c1)C(F)(F)F. The minimum atomic E-state index is -4.31. The van der Waals surface area contributed by atoms with Gasteiger partial charge in [-0.2, -0.15) is 18.3 Å². The maximum atomic E-state index is 12.6. The summed E-state index contributed by atoms with van der Waals surface area (Å²) in [4.78, 5) is 0. The van der Waals surface area contributed by atoms with Crippen LogP contribution in [0, 0.1) is 0 Å². The maximum Gasteiger partial charge on any atom is 0.407 e. The lowest BCUT2D eigenvalue weighted by Crippen LogP contribution is -2.35. The van der Waals surface area contributed by atoms with Crippen molar-refractivity contribution >= 4 is 15.9 Å². The number of nitrogens with zero attached hydrogens (tertiary/aromatic N) is 1. The molecule has 1 rings (SSSR count). The van der Waals surface area contributed by atoms with Crippen molar-refractivity contribution in [3.05, 3.63) is 18.0 Å². The van der Waals surface area contributed by atoms with E-state index in [0.29, 0.717) is 0 Å². The number of rotatable bonds is 2.